The minimum atomic E-state index is 0.511. The molecule has 0 spiro atoms. The zero-order chi connectivity index (χ0) is 6.95. The van der Waals surface area contributed by atoms with E-state index in [1.165, 1.54) is 5.54 Å². The number of rotatable bonds is 5. The Labute approximate surface area is 60.8 Å². The molecule has 0 amide bonds. The number of hydrogen-bond acceptors (Lipinski definition) is 2. The molecule has 0 heterocycles. The van der Waals surface area contributed by atoms with Gasteiger partial charge in [0.2, 0.25) is 0 Å². The van der Waals surface area contributed by atoms with Crippen molar-refractivity contribution in [3.05, 3.63) is 18.0 Å². The van der Waals surface area contributed by atoms with Crippen LogP contribution in [0.5, 0.6) is 0 Å². The van der Waals surface area contributed by atoms with Crippen LogP contribution in [0.25, 0.3) is 0 Å². The van der Waals surface area contributed by atoms with E-state index in [0.717, 1.165) is 6.54 Å². The van der Waals surface area contributed by atoms with E-state index in [9.17, 15) is 0 Å². The van der Waals surface area contributed by atoms with Crippen LogP contribution < -0.4 is 5.48 Å². The summed E-state index contributed by atoms with van der Waals surface area (Å²) in [6.07, 6.45) is 3.68. The summed E-state index contributed by atoms with van der Waals surface area (Å²) in [7, 11) is 0. The SMILES string of the molecule is C[CH]CNOC/C=C/Cl. The maximum absolute atomic E-state index is 5.22. The molecule has 0 aromatic carbocycles. The van der Waals surface area contributed by atoms with Crippen LogP contribution in [-0.4, -0.2) is 13.2 Å². The summed E-state index contributed by atoms with van der Waals surface area (Å²) in [5.74, 6) is 0. The molecule has 53 valence electrons. The Bertz CT molecular complexity index is 75.5. The van der Waals surface area contributed by atoms with Crippen LogP contribution in [-0.2, 0) is 4.84 Å². The second-order valence-electron chi connectivity index (χ2n) is 1.43. The van der Waals surface area contributed by atoms with E-state index in [1.54, 1.807) is 6.08 Å². The van der Waals surface area contributed by atoms with Crippen molar-refractivity contribution in [1.29, 1.82) is 0 Å². The molecule has 0 unspecified atom stereocenters. The van der Waals surface area contributed by atoms with Gasteiger partial charge in [0, 0.05) is 12.1 Å². The van der Waals surface area contributed by atoms with Crippen molar-refractivity contribution in [3.63, 3.8) is 0 Å². The molecule has 3 heteroatoms. The van der Waals surface area contributed by atoms with Crippen LogP contribution in [0.4, 0.5) is 0 Å². The molecule has 0 aromatic rings. The lowest BCUT2D eigenvalue weighted by Crippen LogP contribution is -2.15. The lowest BCUT2D eigenvalue weighted by molar-refractivity contribution is 0.0685. The van der Waals surface area contributed by atoms with Crippen LogP contribution in [0, 0.1) is 6.42 Å². The average molecular weight is 149 g/mol. The lowest BCUT2D eigenvalue weighted by atomic mass is 10.5. The Morgan fingerprint density at radius 1 is 1.67 bits per heavy atom. The van der Waals surface area contributed by atoms with Gasteiger partial charge in [-0.15, -0.1) is 0 Å². The molecule has 1 radical (unpaired) electrons. The molecule has 0 aliphatic carbocycles. The first kappa shape index (κ1) is 8.95. The Hall–Kier alpha value is -0.0500. The fourth-order valence-electron chi connectivity index (χ4n) is 0.286. The lowest BCUT2D eigenvalue weighted by Gasteiger charge is -1.98. The highest BCUT2D eigenvalue weighted by Gasteiger charge is 1.78. The van der Waals surface area contributed by atoms with E-state index < -0.39 is 0 Å². The van der Waals surface area contributed by atoms with Crippen LogP contribution in [0.3, 0.4) is 0 Å². The van der Waals surface area contributed by atoms with Crippen molar-refractivity contribution in [2.45, 2.75) is 6.92 Å². The first-order chi connectivity index (χ1) is 4.41. The van der Waals surface area contributed by atoms with Crippen LogP contribution in [0.1, 0.15) is 6.92 Å². The predicted octanol–water partition coefficient (Wildman–Crippen LogP) is 1.48. The highest BCUT2D eigenvalue weighted by Crippen LogP contribution is 1.77. The monoisotopic (exact) mass is 148 g/mol. The van der Waals surface area contributed by atoms with E-state index in [0.29, 0.717) is 6.61 Å². The van der Waals surface area contributed by atoms with E-state index in [4.69, 9.17) is 16.4 Å². The third-order valence-corrected chi connectivity index (χ3v) is 0.836. The fraction of sp³-hybridized carbons (Fsp3) is 0.500. The molecule has 0 saturated heterocycles. The molecular weight excluding hydrogens is 138 g/mol. The van der Waals surface area contributed by atoms with Gasteiger partial charge in [-0.3, -0.25) is 4.84 Å². The van der Waals surface area contributed by atoms with E-state index in [-0.39, 0.29) is 0 Å². The third-order valence-electron chi connectivity index (χ3n) is 0.658. The van der Waals surface area contributed by atoms with Gasteiger partial charge >= 0.3 is 0 Å². The van der Waals surface area contributed by atoms with E-state index in [2.05, 4.69) is 5.48 Å². The topological polar surface area (TPSA) is 21.3 Å². The molecule has 0 aromatic heterocycles. The summed E-state index contributed by atoms with van der Waals surface area (Å²) >= 11 is 5.22. The number of hydroxylamine groups is 1. The second kappa shape index (κ2) is 7.95. The van der Waals surface area contributed by atoms with Crippen molar-refractivity contribution in [1.82, 2.24) is 5.48 Å². The summed E-state index contributed by atoms with van der Waals surface area (Å²) in [4.78, 5) is 4.86. The molecule has 9 heavy (non-hydrogen) atoms. The van der Waals surface area contributed by atoms with Crippen molar-refractivity contribution < 1.29 is 4.84 Å². The fourth-order valence-corrected chi connectivity index (χ4v) is 0.358. The minimum absolute atomic E-state index is 0.511. The largest absolute Gasteiger partial charge is 0.298 e. The normalized spacial score (nSPS) is 10.9. The van der Waals surface area contributed by atoms with Crippen LogP contribution >= 0.6 is 11.6 Å². The average Bonchev–Trinajstić information content (AvgIpc) is 1.89. The van der Waals surface area contributed by atoms with Crippen LogP contribution in [0.2, 0.25) is 0 Å². The zero-order valence-corrected chi connectivity index (χ0v) is 6.19. The zero-order valence-electron chi connectivity index (χ0n) is 5.43. The molecule has 0 rings (SSSR count). The van der Waals surface area contributed by atoms with Gasteiger partial charge in [0.1, 0.15) is 0 Å². The van der Waals surface area contributed by atoms with Gasteiger partial charge in [-0.05, 0) is 12.5 Å². The van der Waals surface area contributed by atoms with Gasteiger partial charge in [0.25, 0.3) is 0 Å². The molecule has 0 saturated carbocycles. The summed E-state index contributed by atoms with van der Waals surface area (Å²) in [5.41, 5.74) is 4.13. The van der Waals surface area contributed by atoms with E-state index in [1.807, 2.05) is 13.3 Å². The van der Waals surface area contributed by atoms with E-state index >= 15 is 0 Å². The Morgan fingerprint density at radius 2 is 2.44 bits per heavy atom. The predicted molar refractivity (Wildman–Crippen MR) is 38.9 cm³/mol. The molecule has 1 N–H and O–H groups in total. The quantitative estimate of drug-likeness (QED) is 0.471. The first-order valence-corrected chi connectivity index (χ1v) is 3.23. The van der Waals surface area contributed by atoms with Gasteiger partial charge in [-0.25, -0.2) is 5.48 Å². The number of hydrogen-bond donors (Lipinski definition) is 1. The Morgan fingerprint density at radius 3 is 3.00 bits per heavy atom. The highest BCUT2D eigenvalue weighted by atomic mass is 35.5. The first-order valence-electron chi connectivity index (χ1n) is 2.79. The maximum Gasteiger partial charge on any atom is 0.0875 e. The third kappa shape index (κ3) is 7.95. The molecular formula is C6H11ClNO. The molecule has 0 aliphatic heterocycles. The summed E-state index contributed by atoms with van der Waals surface area (Å²) in [5, 5.41) is 0. The van der Waals surface area contributed by atoms with Crippen molar-refractivity contribution >= 4 is 11.6 Å². The van der Waals surface area contributed by atoms with Crippen molar-refractivity contribution in [2.75, 3.05) is 13.2 Å². The van der Waals surface area contributed by atoms with Crippen LogP contribution in [0.15, 0.2) is 11.6 Å². The van der Waals surface area contributed by atoms with Gasteiger partial charge < -0.3 is 0 Å². The minimum Gasteiger partial charge on any atom is -0.298 e. The molecule has 0 atom stereocenters. The maximum atomic E-state index is 5.22. The van der Waals surface area contributed by atoms with Gasteiger partial charge in [0.05, 0.1) is 6.61 Å². The Kier molecular flexibility index (Phi) is 7.91. The number of nitrogens with one attached hydrogen (secondary N) is 1. The van der Waals surface area contributed by atoms with Crippen molar-refractivity contribution in [3.8, 4) is 0 Å². The molecule has 2 nitrogen and oxygen atoms in total. The molecule has 0 fully saturated rings. The molecule has 0 aliphatic rings. The van der Waals surface area contributed by atoms with Gasteiger partial charge in [-0.2, -0.15) is 0 Å². The van der Waals surface area contributed by atoms with Gasteiger partial charge in [0.15, 0.2) is 0 Å². The summed E-state index contributed by atoms with van der Waals surface area (Å²) in [6, 6.07) is 0. The standard InChI is InChI=1S/C6H11ClNO/c1-2-5-8-9-6-3-4-7/h2-4,8H,5-6H2,1H3/b4-3+. The smallest absolute Gasteiger partial charge is 0.0875 e. The highest BCUT2D eigenvalue weighted by molar-refractivity contribution is 6.25. The number of halogens is 1. The second-order valence-corrected chi connectivity index (χ2v) is 1.68. The summed E-state index contributed by atoms with van der Waals surface area (Å²) < 4.78 is 0. The summed E-state index contributed by atoms with van der Waals surface area (Å²) in [6.45, 7) is 3.22. The van der Waals surface area contributed by atoms with Gasteiger partial charge in [-0.1, -0.05) is 18.5 Å². The van der Waals surface area contributed by atoms with Crippen molar-refractivity contribution in [2.24, 2.45) is 0 Å². The molecule has 0 bridgehead atoms. The Balaban J connectivity index is 2.75.